The molecule has 2 N–H and O–H groups in total. The molecule has 0 spiro atoms. The third-order valence-electron chi connectivity index (χ3n) is 7.40. The fourth-order valence-corrected chi connectivity index (χ4v) is 5.31. The zero-order valence-corrected chi connectivity index (χ0v) is 21.8. The maximum absolute atomic E-state index is 13.4. The number of aromatic nitrogens is 1. The van der Waals surface area contributed by atoms with E-state index in [4.69, 9.17) is 0 Å². The summed E-state index contributed by atoms with van der Waals surface area (Å²) in [7, 11) is 2.13. The number of hydrazine groups is 1. The molecular formula is C26H38N5O3+. The van der Waals surface area contributed by atoms with Crippen LogP contribution in [0, 0.1) is 20.8 Å². The van der Waals surface area contributed by atoms with Crippen molar-refractivity contribution in [2.24, 2.45) is 5.10 Å². The Morgan fingerprint density at radius 2 is 1.62 bits per heavy atom. The number of hydrazone groups is 1. The summed E-state index contributed by atoms with van der Waals surface area (Å²) in [5.41, 5.74) is 4.75. The predicted octanol–water partition coefficient (Wildman–Crippen LogP) is 3.66. The third-order valence-corrected chi connectivity index (χ3v) is 7.40. The monoisotopic (exact) mass is 468 g/mol. The van der Waals surface area contributed by atoms with Crippen LogP contribution in [0.5, 0.6) is 0 Å². The van der Waals surface area contributed by atoms with E-state index in [1.54, 1.807) is 6.92 Å². The van der Waals surface area contributed by atoms with Crippen molar-refractivity contribution in [3.05, 3.63) is 39.4 Å². The van der Waals surface area contributed by atoms with E-state index in [-0.39, 0.29) is 23.0 Å². The Balaban J connectivity index is 1.69. The number of hydrogen-bond donors (Lipinski definition) is 2. The summed E-state index contributed by atoms with van der Waals surface area (Å²) in [6.07, 6.45) is 2.49. The normalized spacial score (nSPS) is 21.9. The van der Waals surface area contributed by atoms with Crippen molar-refractivity contribution in [3.8, 4) is 0 Å². The minimum Gasteiger partial charge on any atom is -0.506 e. The second kappa shape index (κ2) is 8.50. The quantitative estimate of drug-likeness (QED) is 0.509. The molecule has 3 heterocycles. The van der Waals surface area contributed by atoms with Gasteiger partial charge in [-0.15, -0.1) is 0 Å². The Hall–Kier alpha value is -2.71. The summed E-state index contributed by atoms with van der Waals surface area (Å²) in [5.74, 6) is -0.401. The molecule has 0 aromatic carbocycles. The fourth-order valence-electron chi connectivity index (χ4n) is 5.31. The molecule has 0 saturated carbocycles. The molecule has 8 heteroatoms. The van der Waals surface area contributed by atoms with E-state index in [9.17, 15) is 15.0 Å². The predicted molar refractivity (Wildman–Crippen MR) is 134 cm³/mol. The highest BCUT2D eigenvalue weighted by Crippen LogP contribution is 2.42. The SMILES string of the molecule is CC1=N[N+](C(C)(C)C)=C(O)/C1=C1\C(=O)C(c2c(C)c(C)n(CCN(C)N3CCCC3)c2C)=C1O. The number of carbonyl (C=O) groups is 1. The van der Waals surface area contributed by atoms with Gasteiger partial charge in [0.25, 0.3) is 0 Å². The van der Waals surface area contributed by atoms with Crippen molar-refractivity contribution in [3.63, 3.8) is 0 Å². The van der Waals surface area contributed by atoms with Gasteiger partial charge in [-0.3, -0.25) is 4.79 Å². The molecule has 184 valence electrons. The lowest BCUT2D eigenvalue weighted by Gasteiger charge is -2.28. The lowest BCUT2D eigenvalue weighted by atomic mass is 9.79. The molecule has 1 fully saturated rings. The number of Topliss-reactive ketones (excluding diaryl/α,β-unsaturated/α-hetero) is 1. The van der Waals surface area contributed by atoms with Gasteiger partial charge in [0.1, 0.15) is 17.0 Å². The van der Waals surface area contributed by atoms with Gasteiger partial charge in [0.2, 0.25) is 5.78 Å². The third kappa shape index (κ3) is 3.73. The zero-order chi connectivity index (χ0) is 25.1. The van der Waals surface area contributed by atoms with Crippen LogP contribution in [0.15, 0.2) is 22.0 Å². The molecule has 0 unspecified atom stereocenters. The maximum atomic E-state index is 13.4. The van der Waals surface area contributed by atoms with Gasteiger partial charge in [0, 0.05) is 70.9 Å². The van der Waals surface area contributed by atoms with E-state index in [0.29, 0.717) is 16.9 Å². The molecule has 3 aliphatic rings. The first-order chi connectivity index (χ1) is 15.9. The lowest BCUT2D eigenvalue weighted by Crippen LogP contribution is -2.39. The van der Waals surface area contributed by atoms with Crippen LogP contribution in [0.2, 0.25) is 0 Å². The van der Waals surface area contributed by atoms with Crippen LogP contribution in [0.1, 0.15) is 63.1 Å². The van der Waals surface area contributed by atoms with E-state index in [2.05, 4.69) is 33.7 Å². The van der Waals surface area contributed by atoms with Crippen LogP contribution < -0.4 is 0 Å². The van der Waals surface area contributed by atoms with Gasteiger partial charge in [-0.1, -0.05) is 0 Å². The molecule has 2 aliphatic heterocycles. The number of carbonyl (C=O) groups excluding carboxylic acids is 1. The second-order valence-electron chi connectivity index (χ2n) is 10.7. The molecule has 8 nitrogen and oxygen atoms in total. The number of aliphatic hydroxyl groups excluding tert-OH is 2. The van der Waals surface area contributed by atoms with Gasteiger partial charge in [-0.05, 0) is 55.9 Å². The van der Waals surface area contributed by atoms with Crippen molar-refractivity contribution in [2.75, 3.05) is 26.7 Å². The van der Waals surface area contributed by atoms with Gasteiger partial charge in [0.05, 0.1) is 11.1 Å². The molecule has 1 aliphatic carbocycles. The molecule has 0 bridgehead atoms. The first kappa shape index (κ1) is 24.4. The number of aliphatic hydroxyl groups is 2. The number of rotatable bonds is 5. The largest absolute Gasteiger partial charge is 0.506 e. The van der Waals surface area contributed by atoms with Crippen LogP contribution in [0.4, 0.5) is 0 Å². The average Bonchev–Trinajstić information content (AvgIpc) is 3.45. The van der Waals surface area contributed by atoms with Crippen LogP contribution in [0.3, 0.4) is 0 Å². The minimum absolute atomic E-state index is 0.0607. The van der Waals surface area contributed by atoms with Crippen LogP contribution in [-0.4, -0.2) is 79.1 Å². The van der Waals surface area contributed by atoms with E-state index < -0.39 is 5.54 Å². The Bertz CT molecular complexity index is 1180. The molecule has 0 atom stereocenters. The molecular weight excluding hydrogens is 430 g/mol. The summed E-state index contributed by atoms with van der Waals surface area (Å²) in [6, 6.07) is 0. The lowest BCUT2D eigenvalue weighted by molar-refractivity contribution is -0.605. The fraction of sp³-hybridized carbons (Fsp3) is 0.577. The van der Waals surface area contributed by atoms with E-state index >= 15 is 0 Å². The standard InChI is InChI=1S/C26H37N5O3/c1-15-17(3)30(14-13-28(8)29-11-9-10-12-29)18(4)19(15)21-23(32)22(24(21)33)20-16(2)27-31(25(20)34)26(5,6)7/h9-14H2,1-8H3,(H,32,33)/p+1. The van der Waals surface area contributed by atoms with Gasteiger partial charge in [-0.25, -0.2) is 10.0 Å². The Kier molecular flexibility index (Phi) is 6.10. The summed E-state index contributed by atoms with van der Waals surface area (Å²) in [5, 5.41) is 31.0. The van der Waals surface area contributed by atoms with E-state index in [0.717, 1.165) is 48.7 Å². The van der Waals surface area contributed by atoms with Gasteiger partial charge in [0.15, 0.2) is 5.54 Å². The van der Waals surface area contributed by atoms with E-state index in [1.165, 1.54) is 17.5 Å². The Morgan fingerprint density at radius 3 is 2.15 bits per heavy atom. The number of allylic oxidation sites excluding steroid dienone is 2. The van der Waals surface area contributed by atoms with Gasteiger partial charge in [-0.2, -0.15) is 0 Å². The summed E-state index contributed by atoms with van der Waals surface area (Å²) < 4.78 is 3.74. The topological polar surface area (TPSA) is 84.3 Å². The highest BCUT2D eigenvalue weighted by atomic mass is 16.3. The number of hydrogen-bond acceptors (Lipinski definition) is 5. The Labute approximate surface area is 202 Å². The van der Waals surface area contributed by atoms with Crippen LogP contribution in [0.25, 0.3) is 5.57 Å². The molecule has 1 aromatic heterocycles. The van der Waals surface area contributed by atoms with E-state index in [1.807, 2.05) is 34.6 Å². The van der Waals surface area contributed by atoms with Gasteiger partial charge >= 0.3 is 5.90 Å². The molecule has 34 heavy (non-hydrogen) atoms. The molecule has 4 rings (SSSR count). The molecule has 0 radical (unpaired) electrons. The first-order valence-corrected chi connectivity index (χ1v) is 12.1. The van der Waals surface area contributed by atoms with Crippen molar-refractivity contribution < 1.29 is 19.7 Å². The first-order valence-electron chi connectivity index (χ1n) is 12.1. The molecule has 1 aromatic rings. The second-order valence-corrected chi connectivity index (χ2v) is 10.7. The number of ketones is 1. The van der Waals surface area contributed by atoms with Crippen molar-refractivity contribution in [1.29, 1.82) is 0 Å². The zero-order valence-electron chi connectivity index (χ0n) is 21.8. The summed E-state index contributed by atoms with van der Waals surface area (Å²) in [4.78, 5) is 13.4. The number of likely N-dealkylation sites (N-methyl/N-ethyl adjacent to an activating group) is 1. The van der Waals surface area contributed by atoms with Crippen LogP contribution in [-0.2, 0) is 11.3 Å². The van der Waals surface area contributed by atoms with Gasteiger partial charge < -0.3 is 14.8 Å². The van der Waals surface area contributed by atoms with Crippen molar-refractivity contribution in [1.82, 2.24) is 14.6 Å². The average molecular weight is 469 g/mol. The smallest absolute Gasteiger partial charge is 0.401 e. The Morgan fingerprint density at radius 1 is 1.00 bits per heavy atom. The highest BCUT2D eigenvalue weighted by Gasteiger charge is 2.47. The number of nitrogens with zero attached hydrogens (tertiary/aromatic N) is 5. The van der Waals surface area contributed by atoms with Crippen molar-refractivity contribution >= 4 is 23.0 Å². The summed E-state index contributed by atoms with van der Waals surface area (Å²) >= 11 is 0. The maximum Gasteiger partial charge on any atom is 0.401 e. The minimum atomic E-state index is -0.452. The van der Waals surface area contributed by atoms with Crippen molar-refractivity contribution in [2.45, 2.75) is 73.4 Å². The highest BCUT2D eigenvalue weighted by molar-refractivity contribution is 6.43. The molecule has 0 amide bonds. The van der Waals surface area contributed by atoms with Crippen LogP contribution >= 0.6 is 0 Å². The molecule has 1 saturated heterocycles. The summed E-state index contributed by atoms with van der Waals surface area (Å²) in [6.45, 7) is 17.5.